The van der Waals surface area contributed by atoms with Gasteiger partial charge in [0.05, 0.1) is 6.10 Å². The number of aliphatic hydroxyl groups excluding tert-OH is 1. The van der Waals surface area contributed by atoms with Gasteiger partial charge in [0.2, 0.25) is 0 Å². The van der Waals surface area contributed by atoms with E-state index in [4.69, 9.17) is 4.74 Å². The van der Waals surface area contributed by atoms with Gasteiger partial charge in [-0.15, -0.1) is 0 Å². The predicted octanol–water partition coefficient (Wildman–Crippen LogP) is 2.82. The van der Waals surface area contributed by atoms with Gasteiger partial charge in [0, 0.05) is 5.56 Å². The Bertz CT molecular complexity index is 383. The summed E-state index contributed by atoms with van der Waals surface area (Å²) in [5.74, 6) is 1.30. The molecule has 0 bridgehead atoms. The molecule has 1 unspecified atom stereocenters. The zero-order valence-electron chi connectivity index (χ0n) is 10.5. The monoisotopic (exact) mass is 248 g/mol. The fraction of sp³-hybridized carbons (Fsp3) is 0.533. The maximum Gasteiger partial charge on any atom is 0.150 e. The molecule has 0 radical (unpaired) electrons. The van der Waals surface area contributed by atoms with E-state index in [1.54, 1.807) is 24.3 Å². The van der Waals surface area contributed by atoms with Crippen LogP contribution in [0, 0.1) is 5.92 Å². The van der Waals surface area contributed by atoms with Gasteiger partial charge < -0.3 is 9.84 Å². The second-order valence-electron chi connectivity index (χ2n) is 5.04. The highest BCUT2D eigenvalue weighted by Crippen LogP contribution is 2.28. The Morgan fingerprint density at radius 1 is 1.39 bits per heavy atom. The summed E-state index contributed by atoms with van der Waals surface area (Å²) in [6.07, 6.45) is 6.26. The van der Waals surface area contributed by atoms with Crippen molar-refractivity contribution >= 4 is 6.29 Å². The first-order valence-electron chi connectivity index (χ1n) is 6.64. The average molecular weight is 248 g/mol. The Balaban J connectivity index is 1.77. The lowest BCUT2D eigenvalue weighted by Crippen LogP contribution is -2.20. The zero-order chi connectivity index (χ0) is 12.8. The van der Waals surface area contributed by atoms with Crippen LogP contribution in [0.3, 0.4) is 0 Å². The van der Waals surface area contributed by atoms with Crippen LogP contribution in [0.4, 0.5) is 0 Å². The van der Waals surface area contributed by atoms with Crippen LogP contribution >= 0.6 is 0 Å². The molecule has 1 aromatic rings. The minimum atomic E-state index is -0.409. The molecule has 1 aliphatic carbocycles. The first kappa shape index (κ1) is 13.1. The smallest absolute Gasteiger partial charge is 0.150 e. The Kier molecular flexibility index (Phi) is 4.76. The molecular formula is C15H20O3. The number of aliphatic hydroxyl groups is 1. The van der Waals surface area contributed by atoms with E-state index < -0.39 is 6.10 Å². The lowest BCUT2D eigenvalue weighted by molar-refractivity contribution is 0.0855. The van der Waals surface area contributed by atoms with Crippen LogP contribution in [0.25, 0.3) is 0 Å². The van der Waals surface area contributed by atoms with Crippen molar-refractivity contribution in [3.63, 3.8) is 0 Å². The molecule has 0 saturated heterocycles. The minimum absolute atomic E-state index is 0.304. The van der Waals surface area contributed by atoms with Crippen LogP contribution < -0.4 is 4.74 Å². The van der Waals surface area contributed by atoms with Crippen molar-refractivity contribution in [2.45, 2.75) is 38.2 Å². The molecule has 0 aliphatic heterocycles. The standard InChI is InChI=1S/C15H20O3/c16-10-13-6-3-7-15(9-13)18-11-14(17)8-12-4-1-2-5-12/h3,6-7,9-10,12,14,17H,1-2,4-5,8,11H2. The third kappa shape index (κ3) is 3.84. The molecule has 1 fully saturated rings. The van der Waals surface area contributed by atoms with E-state index in [1.807, 2.05) is 0 Å². The van der Waals surface area contributed by atoms with Gasteiger partial charge in [0.25, 0.3) is 0 Å². The molecule has 98 valence electrons. The molecule has 1 N–H and O–H groups in total. The van der Waals surface area contributed by atoms with Crippen molar-refractivity contribution in [1.82, 2.24) is 0 Å². The molecule has 1 aliphatic rings. The third-order valence-electron chi connectivity index (χ3n) is 3.52. The second-order valence-corrected chi connectivity index (χ2v) is 5.04. The predicted molar refractivity (Wildman–Crippen MR) is 69.9 cm³/mol. The van der Waals surface area contributed by atoms with Crippen molar-refractivity contribution in [2.24, 2.45) is 5.92 Å². The van der Waals surface area contributed by atoms with Crippen LogP contribution in [0.1, 0.15) is 42.5 Å². The molecule has 0 amide bonds. The summed E-state index contributed by atoms with van der Waals surface area (Å²) in [4.78, 5) is 10.6. The highest BCUT2D eigenvalue weighted by molar-refractivity contribution is 5.75. The van der Waals surface area contributed by atoms with E-state index in [0.717, 1.165) is 12.7 Å². The number of hydrogen-bond donors (Lipinski definition) is 1. The highest BCUT2D eigenvalue weighted by Gasteiger charge is 2.19. The summed E-state index contributed by atoms with van der Waals surface area (Å²) in [5, 5.41) is 9.90. The summed E-state index contributed by atoms with van der Waals surface area (Å²) in [6, 6.07) is 7.00. The number of rotatable bonds is 6. The van der Waals surface area contributed by atoms with Gasteiger partial charge in [0.1, 0.15) is 18.6 Å². The third-order valence-corrected chi connectivity index (χ3v) is 3.52. The lowest BCUT2D eigenvalue weighted by atomic mass is 10.0. The number of carbonyl (C=O) groups is 1. The Labute approximate surface area is 108 Å². The van der Waals surface area contributed by atoms with Gasteiger partial charge >= 0.3 is 0 Å². The van der Waals surface area contributed by atoms with Crippen LogP contribution in [0.5, 0.6) is 5.75 Å². The first-order chi connectivity index (χ1) is 8.78. The summed E-state index contributed by atoms with van der Waals surface area (Å²) in [5.41, 5.74) is 0.595. The SMILES string of the molecule is O=Cc1cccc(OCC(O)CC2CCCC2)c1. The average Bonchev–Trinajstić information content (AvgIpc) is 2.89. The van der Waals surface area contributed by atoms with Crippen LogP contribution in [-0.2, 0) is 0 Å². The van der Waals surface area contributed by atoms with Crippen molar-refractivity contribution in [3.8, 4) is 5.75 Å². The highest BCUT2D eigenvalue weighted by atomic mass is 16.5. The maximum atomic E-state index is 10.6. The molecule has 0 spiro atoms. The number of hydrogen-bond acceptors (Lipinski definition) is 3. The van der Waals surface area contributed by atoms with Gasteiger partial charge in [-0.3, -0.25) is 4.79 Å². The molecule has 3 heteroatoms. The van der Waals surface area contributed by atoms with Crippen LogP contribution in [-0.4, -0.2) is 24.1 Å². The van der Waals surface area contributed by atoms with Crippen molar-refractivity contribution in [3.05, 3.63) is 29.8 Å². The van der Waals surface area contributed by atoms with Crippen LogP contribution in [0.2, 0.25) is 0 Å². The molecule has 18 heavy (non-hydrogen) atoms. The summed E-state index contributed by atoms with van der Waals surface area (Å²) >= 11 is 0. The van der Waals surface area contributed by atoms with E-state index in [0.29, 0.717) is 23.8 Å². The Morgan fingerprint density at radius 3 is 2.89 bits per heavy atom. The van der Waals surface area contributed by atoms with Gasteiger partial charge in [-0.05, 0) is 24.5 Å². The van der Waals surface area contributed by atoms with Gasteiger partial charge in [0.15, 0.2) is 0 Å². The number of carbonyl (C=O) groups excluding carboxylic acids is 1. The largest absolute Gasteiger partial charge is 0.491 e. The normalized spacial score (nSPS) is 17.6. The van der Waals surface area contributed by atoms with Crippen molar-refractivity contribution < 1.29 is 14.6 Å². The molecule has 1 atom stereocenters. The van der Waals surface area contributed by atoms with E-state index in [-0.39, 0.29) is 0 Å². The van der Waals surface area contributed by atoms with E-state index in [9.17, 15) is 9.90 Å². The molecule has 0 heterocycles. The van der Waals surface area contributed by atoms with E-state index >= 15 is 0 Å². The molecule has 3 nitrogen and oxygen atoms in total. The topological polar surface area (TPSA) is 46.5 Å². The molecule has 2 rings (SSSR count). The summed E-state index contributed by atoms with van der Waals surface area (Å²) in [7, 11) is 0. The van der Waals surface area contributed by atoms with Gasteiger partial charge in [-0.2, -0.15) is 0 Å². The number of benzene rings is 1. The van der Waals surface area contributed by atoms with Crippen LogP contribution in [0.15, 0.2) is 24.3 Å². The van der Waals surface area contributed by atoms with Crippen molar-refractivity contribution in [1.29, 1.82) is 0 Å². The van der Waals surface area contributed by atoms with Crippen molar-refractivity contribution in [2.75, 3.05) is 6.61 Å². The lowest BCUT2D eigenvalue weighted by Gasteiger charge is -2.16. The maximum absolute atomic E-state index is 10.6. The quantitative estimate of drug-likeness (QED) is 0.787. The molecular weight excluding hydrogens is 228 g/mol. The summed E-state index contributed by atoms with van der Waals surface area (Å²) in [6.45, 7) is 0.304. The molecule has 1 aromatic carbocycles. The molecule has 0 aromatic heterocycles. The second kappa shape index (κ2) is 6.55. The summed E-state index contributed by atoms with van der Waals surface area (Å²) < 4.78 is 5.51. The number of ether oxygens (including phenoxy) is 1. The van der Waals surface area contributed by atoms with Gasteiger partial charge in [-0.1, -0.05) is 37.8 Å². The minimum Gasteiger partial charge on any atom is -0.491 e. The first-order valence-corrected chi connectivity index (χ1v) is 6.64. The fourth-order valence-corrected chi connectivity index (χ4v) is 2.57. The molecule has 1 saturated carbocycles. The van der Waals surface area contributed by atoms with Gasteiger partial charge in [-0.25, -0.2) is 0 Å². The number of aldehydes is 1. The zero-order valence-corrected chi connectivity index (χ0v) is 10.5. The van der Waals surface area contributed by atoms with E-state index in [1.165, 1.54) is 25.7 Å². The fourth-order valence-electron chi connectivity index (χ4n) is 2.57. The Morgan fingerprint density at radius 2 is 2.17 bits per heavy atom. The Hall–Kier alpha value is -1.35. The van der Waals surface area contributed by atoms with E-state index in [2.05, 4.69) is 0 Å².